The molecule has 150 valence electrons. The molecule has 0 radical (unpaired) electrons. The smallest absolute Gasteiger partial charge is 0.251 e. The Balaban J connectivity index is 1.60. The summed E-state index contributed by atoms with van der Waals surface area (Å²) in [6, 6.07) is 12.9. The normalized spacial score (nSPS) is 18.0. The van der Waals surface area contributed by atoms with Crippen LogP contribution in [0.4, 0.5) is 0 Å². The van der Waals surface area contributed by atoms with E-state index < -0.39 is 10.0 Å². The second-order valence-electron chi connectivity index (χ2n) is 6.76. The van der Waals surface area contributed by atoms with E-state index in [1.54, 1.807) is 12.1 Å². The van der Waals surface area contributed by atoms with Gasteiger partial charge in [0.1, 0.15) is 0 Å². The monoisotopic (exact) mass is 422 g/mol. The Morgan fingerprint density at radius 1 is 1.18 bits per heavy atom. The number of ether oxygens (including phenoxy) is 1. The minimum absolute atomic E-state index is 0.0748. The summed E-state index contributed by atoms with van der Waals surface area (Å²) in [5.41, 5.74) is 1.31. The molecule has 1 aliphatic heterocycles. The van der Waals surface area contributed by atoms with E-state index >= 15 is 0 Å². The zero-order valence-corrected chi connectivity index (χ0v) is 17.1. The molecule has 1 aliphatic rings. The van der Waals surface area contributed by atoms with Gasteiger partial charge < -0.3 is 10.1 Å². The largest absolute Gasteiger partial charge is 0.377 e. The lowest BCUT2D eigenvalue weighted by Crippen LogP contribution is -2.32. The third-order valence-electron chi connectivity index (χ3n) is 4.67. The van der Waals surface area contributed by atoms with Gasteiger partial charge in [-0.2, -0.15) is 0 Å². The van der Waals surface area contributed by atoms with Crippen molar-refractivity contribution in [2.24, 2.45) is 0 Å². The van der Waals surface area contributed by atoms with E-state index in [0.717, 1.165) is 18.4 Å². The van der Waals surface area contributed by atoms with Crippen molar-refractivity contribution < 1.29 is 17.9 Å². The Bertz CT molecular complexity index is 908. The molecule has 2 aromatic carbocycles. The summed E-state index contributed by atoms with van der Waals surface area (Å²) >= 11 is 5.88. The Morgan fingerprint density at radius 2 is 1.86 bits per heavy atom. The fourth-order valence-electron chi connectivity index (χ4n) is 2.99. The van der Waals surface area contributed by atoms with E-state index in [0.29, 0.717) is 17.2 Å². The Hall–Kier alpha value is -1.93. The number of hydrogen-bond donors (Lipinski definition) is 2. The van der Waals surface area contributed by atoms with E-state index in [9.17, 15) is 13.2 Å². The molecule has 2 atom stereocenters. The van der Waals surface area contributed by atoms with E-state index in [4.69, 9.17) is 16.3 Å². The van der Waals surface area contributed by atoms with Gasteiger partial charge in [0.05, 0.1) is 17.0 Å². The highest BCUT2D eigenvalue weighted by Gasteiger charge is 2.20. The van der Waals surface area contributed by atoms with Crippen LogP contribution in [-0.4, -0.2) is 33.6 Å². The van der Waals surface area contributed by atoms with Gasteiger partial charge in [0.15, 0.2) is 0 Å². The maximum Gasteiger partial charge on any atom is 0.251 e. The topological polar surface area (TPSA) is 84.5 Å². The molecule has 1 saturated heterocycles. The molecule has 1 amide bonds. The predicted molar refractivity (Wildman–Crippen MR) is 108 cm³/mol. The minimum atomic E-state index is -3.63. The van der Waals surface area contributed by atoms with Crippen molar-refractivity contribution in [3.63, 3.8) is 0 Å². The van der Waals surface area contributed by atoms with Crippen LogP contribution in [0.25, 0.3) is 0 Å². The molecule has 0 aromatic heterocycles. The van der Waals surface area contributed by atoms with Crippen LogP contribution < -0.4 is 10.0 Å². The quantitative estimate of drug-likeness (QED) is 0.717. The number of benzene rings is 2. The molecular weight excluding hydrogens is 400 g/mol. The Kier molecular flexibility index (Phi) is 6.72. The Labute approximate surface area is 170 Å². The number of carbonyl (C=O) groups is 1. The average Bonchev–Trinajstić information content (AvgIpc) is 3.21. The average molecular weight is 423 g/mol. The fourth-order valence-corrected chi connectivity index (χ4v) is 4.18. The lowest BCUT2D eigenvalue weighted by Gasteiger charge is -2.15. The lowest BCUT2D eigenvalue weighted by molar-refractivity contribution is 0.0939. The van der Waals surface area contributed by atoms with Crippen LogP contribution in [0.15, 0.2) is 53.4 Å². The molecule has 0 saturated carbocycles. The zero-order chi connectivity index (χ0) is 20.1. The van der Waals surface area contributed by atoms with Gasteiger partial charge in [-0.05, 0) is 61.7 Å². The first-order chi connectivity index (χ1) is 13.3. The summed E-state index contributed by atoms with van der Waals surface area (Å²) < 4.78 is 32.8. The van der Waals surface area contributed by atoms with Gasteiger partial charge >= 0.3 is 0 Å². The molecule has 1 fully saturated rings. The summed E-state index contributed by atoms with van der Waals surface area (Å²) in [6.45, 7) is 2.79. The first kappa shape index (κ1) is 20.8. The number of nitrogens with one attached hydrogen (secondary N) is 2. The lowest BCUT2D eigenvalue weighted by atomic mass is 10.1. The van der Waals surface area contributed by atoms with Gasteiger partial charge in [0.2, 0.25) is 10.0 Å². The summed E-state index contributed by atoms with van der Waals surface area (Å²) in [7, 11) is -3.63. The van der Waals surface area contributed by atoms with Crippen LogP contribution in [0.1, 0.15) is 41.7 Å². The van der Waals surface area contributed by atoms with Crippen LogP contribution in [0.2, 0.25) is 5.02 Å². The maximum atomic E-state index is 12.4. The second kappa shape index (κ2) is 9.05. The highest BCUT2D eigenvalue weighted by Crippen LogP contribution is 2.18. The van der Waals surface area contributed by atoms with Gasteiger partial charge in [-0.25, -0.2) is 13.1 Å². The minimum Gasteiger partial charge on any atom is -0.377 e. The molecule has 1 heterocycles. The molecule has 0 aliphatic carbocycles. The van der Waals surface area contributed by atoms with Crippen LogP contribution in [-0.2, 0) is 14.8 Å². The van der Waals surface area contributed by atoms with Gasteiger partial charge in [0, 0.05) is 23.7 Å². The number of halogens is 1. The molecule has 6 nitrogen and oxygen atoms in total. The van der Waals surface area contributed by atoms with Gasteiger partial charge in [-0.3, -0.25) is 4.79 Å². The van der Waals surface area contributed by atoms with Crippen molar-refractivity contribution in [1.82, 2.24) is 10.0 Å². The van der Waals surface area contributed by atoms with Crippen molar-refractivity contribution in [3.05, 3.63) is 64.7 Å². The number of amides is 1. The number of rotatable bonds is 7. The van der Waals surface area contributed by atoms with Crippen LogP contribution in [0.5, 0.6) is 0 Å². The van der Waals surface area contributed by atoms with Crippen molar-refractivity contribution in [2.75, 3.05) is 13.2 Å². The van der Waals surface area contributed by atoms with Gasteiger partial charge in [-0.1, -0.05) is 23.7 Å². The van der Waals surface area contributed by atoms with Crippen molar-refractivity contribution >= 4 is 27.5 Å². The van der Waals surface area contributed by atoms with E-state index in [2.05, 4.69) is 10.0 Å². The highest BCUT2D eigenvalue weighted by molar-refractivity contribution is 7.89. The second-order valence-corrected chi connectivity index (χ2v) is 8.96. The molecule has 28 heavy (non-hydrogen) atoms. The predicted octanol–water partition coefficient (Wildman–Crippen LogP) is 3.29. The molecular formula is C20H23ClN2O4S. The van der Waals surface area contributed by atoms with E-state index in [-0.39, 0.29) is 29.5 Å². The fraction of sp³-hybridized carbons (Fsp3) is 0.350. The van der Waals surface area contributed by atoms with Crippen molar-refractivity contribution in [2.45, 2.75) is 36.8 Å². The van der Waals surface area contributed by atoms with E-state index in [1.165, 1.54) is 24.3 Å². The van der Waals surface area contributed by atoms with Gasteiger partial charge in [0.25, 0.3) is 5.91 Å². The molecule has 0 spiro atoms. The standard InChI is InChI=1S/C20H23ClN2O4S/c1-14(15-4-8-17(21)9-5-15)23-20(24)16-6-10-19(11-7-16)28(25,26)22-13-18-3-2-12-27-18/h4-11,14,18,22H,2-3,12-13H2,1H3,(H,23,24)/t14-,18+/m0/s1. The molecule has 2 aromatic rings. The van der Waals surface area contributed by atoms with E-state index in [1.807, 2.05) is 19.1 Å². The third-order valence-corrected chi connectivity index (χ3v) is 6.36. The third kappa shape index (κ3) is 5.32. The first-order valence-electron chi connectivity index (χ1n) is 9.13. The maximum absolute atomic E-state index is 12.4. The Morgan fingerprint density at radius 3 is 2.46 bits per heavy atom. The van der Waals surface area contributed by atoms with Crippen LogP contribution in [0, 0.1) is 0 Å². The molecule has 0 bridgehead atoms. The zero-order valence-electron chi connectivity index (χ0n) is 15.5. The number of carbonyl (C=O) groups excluding carboxylic acids is 1. The summed E-state index contributed by atoms with van der Waals surface area (Å²) in [4.78, 5) is 12.6. The van der Waals surface area contributed by atoms with Crippen LogP contribution >= 0.6 is 11.6 Å². The van der Waals surface area contributed by atoms with Crippen LogP contribution in [0.3, 0.4) is 0 Å². The summed E-state index contributed by atoms with van der Waals surface area (Å²) in [6.07, 6.45) is 1.73. The SMILES string of the molecule is C[C@H](NC(=O)c1ccc(S(=O)(=O)NC[C@H]2CCCO2)cc1)c1ccc(Cl)cc1. The van der Waals surface area contributed by atoms with Gasteiger partial charge in [-0.15, -0.1) is 0 Å². The highest BCUT2D eigenvalue weighted by atomic mass is 35.5. The van der Waals surface area contributed by atoms with Crippen molar-refractivity contribution in [1.29, 1.82) is 0 Å². The summed E-state index contributed by atoms with van der Waals surface area (Å²) in [5.74, 6) is -0.279. The summed E-state index contributed by atoms with van der Waals surface area (Å²) in [5, 5.41) is 3.52. The number of sulfonamides is 1. The molecule has 3 rings (SSSR count). The molecule has 8 heteroatoms. The number of hydrogen-bond acceptors (Lipinski definition) is 4. The molecule has 2 N–H and O–H groups in total. The molecule has 0 unspecified atom stereocenters. The van der Waals surface area contributed by atoms with Crippen molar-refractivity contribution in [3.8, 4) is 0 Å². The first-order valence-corrected chi connectivity index (χ1v) is 11.0.